The van der Waals surface area contributed by atoms with Gasteiger partial charge in [0, 0.05) is 43.4 Å². The van der Waals surface area contributed by atoms with E-state index in [0.717, 1.165) is 81.2 Å². The highest BCUT2D eigenvalue weighted by Gasteiger charge is 2.45. The number of rotatable bonds is 11. The molecule has 3 fully saturated rings. The normalized spacial score (nSPS) is 22.2. The molecule has 17 heteroatoms. The van der Waals surface area contributed by atoms with Crippen LogP contribution in [0, 0.1) is 5.92 Å². The van der Waals surface area contributed by atoms with E-state index in [1.165, 1.54) is 21.3 Å². The number of benzene rings is 3. The lowest BCUT2D eigenvalue weighted by atomic mass is 9.90. The molecule has 4 amide bonds. The highest BCUT2D eigenvalue weighted by atomic mass is 16.5. The first kappa shape index (κ1) is 44.0. The summed E-state index contributed by atoms with van der Waals surface area (Å²) in [4.78, 5) is 74.0. The summed E-state index contributed by atoms with van der Waals surface area (Å²) in [5.74, 6) is 1.73. The molecule has 0 spiro atoms. The number of carbonyl (C=O) groups excluding carboxylic acids is 4. The fourth-order valence-electron chi connectivity index (χ4n) is 10.4. The summed E-state index contributed by atoms with van der Waals surface area (Å²) in [6.07, 6.45) is 5.15. The van der Waals surface area contributed by atoms with Gasteiger partial charge >= 0.3 is 12.2 Å². The van der Waals surface area contributed by atoms with Gasteiger partial charge in [0.1, 0.15) is 36.1 Å². The van der Waals surface area contributed by atoms with Gasteiger partial charge in [-0.1, -0.05) is 25.1 Å². The maximum Gasteiger partial charge on any atom is 0.407 e. The zero-order valence-corrected chi connectivity index (χ0v) is 37.8. The van der Waals surface area contributed by atoms with E-state index in [9.17, 15) is 19.2 Å². The molecule has 4 aliphatic rings. The minimum absolute atomic E-state index is 0.0183. The van der Waals surface area contributed by atoms with Gasteiger partial charge in [-0.3, -0.25) is 9.59 Å². The molecule has 0 radical (unpaired) electrons. The lowest BCUT2D eigenvalue weighted by molar-refractivity contribution is -0.140. The summed E-state index contributed by atoms with van der Waals surface area (Å²) in [5, 5.41) is 7.46. The number of methoxy groups -OCH3 is 3. The fourth-order valence-corrected chi connectivity index (χ4v) is 10.4. The van der Waals surface area contributed by atoms with Crippen molar-refractivity contribution in [2.24, 2.45) is 5.92 Å². The van der Waals surface area contributed by atoms with Crippen LogP contribution in [-0.4, -0.2) is 119 Å². The van der Waals surface area contributed by atoms with E-state index in [-0.39, 0.29) is 41.9 Å². The molecule has 344 valence electrons. The van der Waals surface area contributed by atoms with Crippen LogP contribution in [0.4, 0.5) is 9.59 Å². The number of aromatic nitrogens is 4. The van der Waals surface area contributed by atoms with Crippen LogP contribution in [0.15, 0.2) is 48.7 Å². The highest BCUT2D eigenvalue weighted by molar-refractivity contribution is 6.07. The zero-order chi connectivity index (χ0) is 45.5. The van der Waals surface area contributed by atoms with Crippen LogP contribution in [0.25, 0.3) is 44.2 Å². The molecule has 4 N–H and O–H groups in total. The van der Waals surface area contributed by atoms with Crippen LogP contribution in [-0.2, 0) is 35.1 Å². The summed E-state index contributed by atoms with van der Waals surface area (Å²) >= 11 is 0. The molecular weight excluding hydrogens is 833 g/mol. The van der Waals surface area contributed by atoms with Crippen LogP contribution >= 0.6 is 0 Å². The molecule has 2 aromatic heterocycles. The van der Waals surface area contributed by atoms with E-state index >= 15 is 0 Å². The van der Waals surface area contributed by atoms with Crippen molar-refractivity contribution in [1.82, 2.24) is 40.4 Å². The van der Waals surface area contributed by atoms with Crippen molar-refractivity contribution in [3.8, 4) is 28.1 Å². The minimum Gasteiger partial charge on any atom is -0.488 e. The molecule has 17 nitrogen and oxygen atoms in total. The third-order valence-corrected chi connectivity index (χ3v) is 14.1. The van der Waals surface area contributed by atoms with E-state index in [1.54, 1.807) is 11.8 Å². The second kappa shape index (κ2) is 18.4. The number of fused-ring (bicyclic) bond motifs is 6. The van der Waals surface area contributed by atoms with Gasteiger partial charge in [0.2, 0.25) is 11.8 Å². The van der Waals surface area contributed by atoms with Crippen LogP contribution in [0.2, 0.25) is 0 Å². The Kier molecular flexibility index (Phi) is 12.4. The van der Waals surface area contributed by atoms with Crippen LogP contribution in [0.1, 0.15) is 95.0 Å². The van der Waals surface area contributed by atoms with Gasteiger partial charge in [-0.25, -0.2) is 19.6 Å². The molecule has 4 aliphatic heterocycles. The number of nitrogens with one attached hydrogen (secondary N) is 4. The second-order valence-electron chi connectivity index (χ2n) is 17.7. The third-order valence-electron chi connectivity index (χ3n) is 14.1. The second-order valence-corrected chi connectivity index (χ2v) is 17.7. The van der Waals surface area contributed by atoms with Crippen molar-refractivity contribution in [1.29, 1.82) is 0 Å². The first-order valence-corrected chi connectivity index (χ1v) is 22.7. The average molecular weight is 891 g/mol. The quantitative estimate of drug-likeness (QED) is 0.106. The molecule has 0 saturated carbocycles. The Morgan fingerprint density at radius 1 is 0.846 bits per heavy atom. The lowest BCUT2D eigenvalue weighted by Crippen LogP contribution is -2.55. The van der Waals surface area contributed by atoms with Crippen molar-refractivity contribution in [2.75, 3.05) is 34.5 Å². The van der Waals surface area contributed by atoms with Gasteiger partial charge in [0.25, 0.3) is 0 Å². The van der Waals surface area contributed by atoms with E-state index < -0.39 is 30.4 Å². The molecule has 7 atom stereocenters. The standard InChI is InChI=1S/C48H58N8O9/c1-7-31-11-15-37(56(31)46(58)41(54-48(60)63-6)27-16-18-64-19-17-27)43-49-23-36(51-43)29-9-12-32-30(20-29)24-65-39-22-33-28(21-34(32)39)10-13-35-42(33)52-44(50-35)38-14-8-25(2)55(38)45(57)40(26(3)61-4)53-47(59)62-5/h9-10,12-13,20-23,25-27,31,37-38,40-41H,7-8,11,14-19,24H2,1-6H3,(H,49,51)(H,50,52)(H,53,59)(H,54,60). The first-order chi connectivity index (χ1) is 31.5. The molecule has 3 saturated heterocycles. The molecule has 7 unspecified atom stereocenters. The lowest BCUT2D eigenvalue weighted by Gasteiger charge is -2.36. The molecule has 3 aromatic carbocycles. The third kappa shape index (κ3) is 8.24. The summed E-state index contributed by atoms with van der Waals surface area (Å²) in [5.41, 5.74) is 6.51. The van der Waals surface area contributed by atoms with Gasteiger partial charge in [-0.15, -0.1) is 0 Å². The SMILES string of the molecule is CCC1CCC(c2ncc(-c3ccc4c(c3)COc3cc5c(ccc6[nH]c(C7CCC(C)N7C(=O)C(NC(=O)OC)C(C)OC)nc65)cc3-4)[nH]2)N1C(=O)C(NC(=O)OC)C1CCOCC1. The summed E-state index contributed by atoms with van der Waals surface area (Å²) in [6, 6.07) is 12.3. The number of hydrogen-bond acceptors (Lipinski definition) is 11. The zero-order valence-electron chi connectivity index (χ0n) is 37.8. The van der Waals surface area contributed by atoms with Crippen molar-refractivity contribution in [2.45, 2.75) is 115 Å². The van der Waals surface area contributed by atoms with Crippen molar-refractivity contribution in [3.05, 3.63) is 65.9 Å². The highest BCUT2D eigenvalue weighted by Crippen LogP contribution is 2.44. The van der Waals surface area contributed by atoms with Crippen LogP contribution in [0.3, 0.4) is 0 Å². The van der Waals surface area contributed by atoms with Crippen molar-refractivity contribution >= 4 is 45.8 Å². The Morgan fingerprint density at radius 3 is 2.35 bits per heavy atom. The summed E-state index contributed by atoms with van der Waals surface area (Å²) < 4.78 is 27.3. The van der Waals surface area contributed by atoms with E-state index in [4.69, 9.17) is 33.7 Å². The van der Waals surface area contributed by atoms with Gasteiger partial charge in [0.15, 0.2) is 0 Å². The molecule has 5 aromatic rings. The maximum atomic E-state index is 14.4. The predicted molar refractivity (Wildman–Crippen MR) is 241 cm³/mol. The van der Waals surface area contributed by atoms with Gasteiger partial charge in [-0.2, -0.15) is 0 Å². The number of alkyl carbamates (subject to hydrolysis) is 2. The number of imidazole rings is 2. The number of likely N-dealkylation sites (tertiary alicyclic amines) is 2. The van der Waals surface area contributed by atoms with Gasteiger partial charge < -0.3 is 54.1 Å². The predicted octanol–water partition coefficient (Wildman–Crippen LogP) is 7.07. The summed E-state index contributed by atoms with van der Waals surface area (Å²) in [7, 11) is 4.08. The van der Waals surface area contributed by atoms with Crippen LogP contribution in [0.5, 0.6) is 5.75 Å². The van der Waals surface area contributed by atoms with Crippen LogP contribution < -0.4 is 15.4 Å². The maximum absolute atomic E-state index is 14.4. The number of nitrogens with zero attached hydrogens (tertiary/aromatic N) is 4. The van der Waals surface area contributed by atoms with E-state index in [1.807, 2.05) is 24.1 Å². The number of aromatic amines is 2. The van der Waals surface area contributed by atoms with Crippen molar-refractivity contribution < 1.29 is 42.9 Å². The Morgan fingerprint density at radius 2 is 1.60 bits per heavy atom. The molecular formula is C48H58N8O9. The van der Waals surface area contributed by atoms with Crippen molar-refractivity contribution in [3.63, 3.8) is 0 Å². The Hall–Kier alpha value is -6.20. The number of hydrogen-bond donors (Lipinski definition) is 4. The molecule has 0 aliphatic carbocycles. The minimum atomic E-state index is -0.936. The number of ether oxygens (including phenoxy) is 5. The summed E-state index contributed by atoms with van der Waals surface area (Å²) in [6.45, 7) is 7.30. The molecule has 0 bridgehead atoms. The number of amides is 4. The Labute approximate surface area is 377 Å². The Bertz CT molecular complexity index is 2600. The fraction of sp³-hybridized carbons (Fsp3) is 0.500. The largest absolute Gasteiger partial charge is 0.488 e. The smallest absolute Gasteiger partial charge is 0.407 e. The topological polar surface area (TPSA) is 202 Å². The first-order valence-electron chi connectivity index (χ1n) is 22.7. The average Bonchev–Trinajstić information content (AvgIpc) is 4.17. The number of H-pyrrole nitrogens is 2. The molecule has 9 rings (SSSR count). The monoisotopic (exact) mass is 890 g/mol. The van der Waals surface area contributed by atoms with Gasteiger partial charge in [-0.05, 0) is 111 Å². The van der Waals surface area contributed by atoms with E-state index in [2.05, 4.69) is 63.9 Å². The van der Waals surface area contributed by atoms with Gasteiger partial charge in [0.05, 0.1) is 55.3 Å². The van der Waals surface area contributed by atoms with E-state index in [0.29, 0.717) is 50.7 Å². The molecule has 6 heterocycles. The molecule has 65 heavy (non-hydrogen) atoms. The number of carbonyl (C=O) groups is 4. The Balaban J connectivity index is 0.965.